The Bertz CT molecular complexity index is 920. The molecule has 0 aromatic heterocycles. The Kier molecular flexibility index (Phi) is 6.21. The molecule has 5 heteroatoms. The van der Waals surface area contributed by atoms with Gasteiger partial charge in [0.1, 0.15) is 11.6 Å². The molecular weight excluding hydrogens is 371 g/mol. The lowest BCUT2D eigenvalue weighted by Crippen LogP contribution is -2.15. The van der Waals surface area contributed by atoms with Crippen molar-refractivity contribution in [2.75, 3.05) is 0 Å². The van der Waals surface area contributed by atoms with Crippen LogP contribution in [0.25, 0.3) is 22.7 Å². The van der Waals surface area contributed by atoms with Gasteiger partial charge in [0.05, 0.1) is 10.9 Å². The van der Waals surface area contributed by atoms with Gasteiger partial charge in [-0.3, -0.25) is 0 Å². The van der Waals surface area contributed by atoms with Crippen LogP contribution in [0.15, 0.2) is 30.6 Å². The van der Waals surface area contributed by atoms with Crippen molar-refractivity contribution >= 4 is 22.7 Å². The van der Waals surface area contributed by atoms with Crippen LogP contribution in [0.1, 0.15) is 56.6 Å². The van der Waals surface area contributed by atoms with Crippen molar-refractivity contribution in [1.82, 2.24) is 0 Å². The second-order valence-electron chi connectivity index (χ2n) is 7.49. The molecule has 0 aliphatic heterocycles. The van der Waals surface area contributed by atoms with Crippen molar-refractivity contribution in [2.45, 2.75) is 45.4 Å². The minimum Gasteiger partial charge on any atom is -0.208 e. The number of rotatable bonds is 5. The summed E-state index contributed by atoms with van der Waals surface area (Å²) in [4.78, 5) is 0. The zero-order valence-electron chi connectivity index (χ0n) is 15.8. The van der Waals surface area contributed by atoms with Gasteiger partial charge >= 0.3 is 0 Å². The molecule has 0 N–H and O–H groups in total. The first kappa shape index (κ1) is 20.6. The lowest BCUT2D eigenvalue weighted by molar-refractivity contribution is 0.261. The molecule has 0 nitrogen and oxygen atoms in total. The topological polar surface area (TPSA) is 0 Å². The van der Waals surface area contributed by atoms with Crippen LogP contribution < -0.4 is 0 Å². The van der Waals surface area contributed by atoms with Crippen molar-refractivity contribution in [2.24, 2.45) is 11.8 Å². The molecule has 0 radical (unpaired) electrons. The number of hydrogen-bond acceptors (Lipinski definition) is 0. The summed E-state index contributed by atoms with van der Waals surface area (Å²) in [6.45, 7) is 5.50. The van der Waals surface area contributed by atoms with Gasteiger partial charge in [-0.15, -0.1) is 0 Å². The lowest BCUT2D eigenvalue weighted by Gasteiger charge is -2.27. The van der Waals surface area contributed by atoms with E-state index in [4.69, 9.17) is 0 Å². The normalized spacial score (nSPS) is 20.9. The van der Waals surface area contributed by atoms with Crippen LogP contribution in [0.3, 0.4) is 0 Å². The Morgan fingerprint density at radius 2 is 1.71 bits per heavy atom. The quantitative estimate of drug-likeness (QED) is 0.449. The molecule has 3 rings (SSSR count). The minimum atomic E-state index is -1.58. The van der Waals surface area contributed by atoms with Crippen LogP contribution >= 0.6 is 0 Å². The van der Waals surface area contributed by atoms with E-state index in [1.54, 1.807) is 0 Å². The van der Waals surface area contributed by atoms with Gasteiger partial charge in [-0.1, -0.05) is 44.6 Å². The monoisotopic (exact) mass is 394 g/mol. The Morgan fingerprint density at radius 3 is 2.32 bits per heavy atom. The van der Waals surface area contributed by atoms with Crippen molar-refractivity contribution in [3.8, 4) is 0 Å². The van der Waals surface area contributed by atoms with E-state index in [0.29, 0.717) is 18.8 Å². The number of halogens is 5. The SMILES string of the molecule is C=Cc1ccc2cc(C(F)=C(F)C3CCC(CCC)CC3)c(F)c(F)c2c1F. The first-order chi connectivity index (χ1) is 13.4. The van der Waals surface area contributed by atoms with Crippen LogP contribution in [0, 0.1) is 29.3 Å². The molecule has 0 atom stereocenters. The van der Waals surface area contributed by atoms with Crippen LogP contribution in [-0.4, -0.2) is 0 Å². The van der Waals surface area contributed by atoms with Crippen molar-refractivity contribution in [1.29, 1.82) is 0 Å². The Labute approximate surface area is 161 Å². The molecule has 0 heterocycles. The highest BCUT2D eigenvalue weighted by Gasteiger charge is 2.29. The molecule has 1 fully saturated rings. The maximum absolute atomic E-state index is 14.8. The average molecular weight is 394 g/mol. The zero-order chi connectivity index (χ0) is 20.4. The van der Waals surface area contributed by atoms with Crippen LogP contribution in [-0.2, 0) is 0 Å². The molecule has 1 aliphatic carbocycles. The Morgan fingerprint density at radius 1 is 1.04 bits per heavy atom. The molecule has 0 unspecified atom stereocenters. The van der Waals surface area contributed by atoms with E-state index in [-0.39, 0.29) is 10.9 Å². The van der Waals surface area contributed by atoms with E-state index in [1.807, 2.05) is 0 Å². The molecule has 0 saturated heterocycles. The van der Waals surface area contributed by atoms with Gasteiger partial charge in [0.2, 0.25) is 0 Å². The smallest absolute Gasteiger partial charge is 0.170 e. The molecule has 150 valence electrons. The highest BCUT2D eigenvalue weighted by Crippen LogP contribution is 2.40. The molecule has 0 bridgehead atoms. The third-order valence-electron chi connectivity index (χ3n) is 5.72. The fraction of sp³-hybridized carbons (Fsp3) is 0.391. The van der Waals surface area contributed by atoms with Gasteiger partial charge < -0.3 is 0 Å². The van der Waals surface area contributed by atoms with Crippen molar-refractivity contribution < 1.29 is 22.0 Å². The maximum atomic E-state index is 14.8. The fourth-order valence-electron chi connectivity index (χ4n) is 4.14. The summed E-state index contributed by atoms with van der Waals surface area (Å²) in [7, 11) is 0. The van der Waals surface area contributed by atoms with E-state index in [0.717, 1.165) is 31.7 Å². The van der Waals surface area contributed by atoms with Crippen LogP contribution in [0.5, 0.6) is 0 Å². The fourth-order valence-corrected chi connectivity index (χ4v) is 4.14. The van der Waals surface area contributed by atoms with Crippen LogP contribution in [0.2, 0.25) is 0 Å². The van der Waals surface area contributed by atoms with Gasteiger partial charge in [-0.25, -0.2) is 22.0 Å². The van der Waals surface area contributed by atoms with E-state index in [9.17, 15) is 22.0 Å². The molecule has 0 amide bonds. The van der Waals surface area contributed by atoms with Gasteiger partial charge in [0.25, 0.3) is 0 Å². The summed E-state index contributed by atoms with van der Waals surface area (Å²) in [6.07, 6.45) is 5.84. The lowest BCUT2D eigenvalue weighted by atomic mass is 9.79. The van der Waals surface area contributed by atoms with E-state index in [1.165, 1.54) is 18.2 Å². The molecular formula is C23H23F5. The molecule has 2 aromatic rings. The first-order valence-corrected chi connectivity index (χ1v) is 9.67. The average Bonchev–Trinajstić information content (AvgIpc) is 2.70. The summed E-state index contributed by atoms with van der Waals surface area (Å²) in [5, 5.41) is -0.626. The summed E-state index contributed by atoms with van der Waals surface area (Å²) < 4.78 is 72.8. The molecule has 28 heavy (non-hydrogen) atoms. The highest BCUT2D eigenvalue weighted by molar-refractivity contribution is 5.89. The van der Waals surface area contributed by atoms with E-state index in [2.05, 4.69) is 13.5 Å². The number of allylic oxidation sites excluding steroid dienone is 1. The van der Waals surface area contributed by atoms with Gasteiger partial charge in [0, 0.05) is 11.5 Å². The number of hydrogen-bond donors (Lipinski definition) is 0. The Balaban J connectivity index is 1.99. The number of fused-ring (bicyclic) bond motifs is 1. The highest BCUT2D eigenvalue weighted by atomic mass is 19.2. The van der Waals surface area contributed by atoms with Gasteiger partial charge in [0.15, 0.2) is 17.5 Å². The van der Waals surface area contributed by atoms with E-state index < -0.39 is 46.0 Å². The van der Waals surface area contributed by atoms with Crippen molar-refractivity contribution in [3.63, 3.8) is 0 Å². The molecule has 1 saturated carbocycles. The first-order valence-electron chi connectivity index (χ1n) is 9.67. The van der Waals surface area contributed by atoms with Gasteiger partial charge in [-0.2, -0.15) is 0 Å². The summed E-state index contributed by atoms with van der Waals surface area (Å²) in [5.74, 6) is -6.65. The standard InChI is InChI=1S/C23H23F5/c1-3-5-13-6-8-15(9-7-13)20(25)21(26)17-12-16-11-10-14(4-2)19(24)18(16)23(28)22(17)27/h4,10-13,15H,2-3,5-9H2,1H3. The third kappa shape index (κ3) is 3.71. The zero-order valence-corrected chi connectivity index (χ0v) is 15.8. The second kappa shape index (κ2) is 8.46. The van der Waals surface area contributed by atoms with Crippen LogP contribution in [0.4, 0.5) is 22.0 Å². The molecule has 0 spiro atoms. The largest absolute Gasteiger partial charge is 0.208 e. The maximum Gasteiger partial charge on any atom is 0.170 e. The predicted octanol–water partition coefficient (Wildman–Crippen LogP) is 8.11. The summed E-state index contributed by atoms with van der Waals surface area (Å²) >= 11 is 0. The van der Waals surface area contributed by atoms with E-state index >= 15 is 0 Å². The van der Waals surface area contributed by atoms with Crippen molar-refractivity contribution in [3.05, 3.63) is 59.2 Å². The molecule has 2 aromatic carbocycles. The van der Waals surface area contributed by atoms with Gasteiger partial charge in [-0.05, 0) is 43.1 Å². The summed E-state index contributed by atoms with van der Waals surface area (Å²) in [5.41, 5.74) is -0.798. The molecule has 1 aliphatic rings. The predicted molar refractivity (Wildman–Crippen MR) is 103 cm³/mol. The Hall–Kier alpha value is -2.17. The number of benzene rings is 2. The minimum absolute atomic E-state index is 0.00424. The third-order valence-corrected chi connectivity index (χ3v) is 5.72. The summed E-state index contributed by atoms with van der Waals surface area (Å²) in [6, 6.07) is 3.63. The second-order valence-corrected chi connectivity index (χ2v) is 7.49.